The van der Waals surface area contributed by atoms with Gasteiger partial charge in [-0.25, -0.2) is 8.78 Å². The summed E-state index contributed by atoms with van der Waals surface area (Å²) in [4.78, 5) is 12.9. The minimum Gasteiger partial charge on any atom is -0.511 e. The fourth-order valence-electron chi connectivity index (χ4n) is 1.97. The van der Waals surface area contributed by atoms with E-state index in [1.54, 1.807) is 0 Å². The third-order valence-corrected chi connectivity index (χ3v) is 4.12. The maximum atomic E-state index is 13.2. The van der Waals surface area contributed by atoms with Crippen LogP contribution in [0.3, 0.4) is 0 Å². The van der Waals surface area contributed by atoms with Gasteiger partial charge >= 0.3 is 17.6 Å². The molecule has 0 fully saturated rings. The van der Waals surface area contributed by atoms with E-state index in [0.717, 1.165) is 18.3 Å². The summed E-state index contributed by atoms with van der Waals surface area (Å²) < 4.78 is 77.6. The average molecular weight is 630 g/mol. The molecule has 0 atom stereocenters. The number of aliphatic hydroxyl groups excluding tert-OH is 1. The number of hydrogen-bond acceptors (Lipinski definition) is 2. The number of pyridine rings is 1. The standard InChI is InChI=1S/C11H20O2.C10H4F6N.Ir/c1-10(2,3)8(12)7-9(13)11(4,5)6;11-8(12)5-6(7-3-1-2-4-17-7)9(13,14)10(8,15)16;/h7,12H,1-6H3;1-4H;/q;-1;/p+1/b8-7-;;. The van der Waals surface area contributed by atoms with Crippen molar-refractivity contribution in [3.05, 3.63) is 48.0 Å². The van der Waals surface area contributed by atoms with Crippen molar-refractivity contribution in [1.82, 2.24) is 4.98 Å². The Kier molecular flexibility index (Phi) is 8.94. The van der Waals surface area contributed by atoms with Crippen LogP contribution in [0.15, 0.2) is 36.2 Å². The SMILES string of the molecule is CC(C)(C)C(=[OH+])/C=C(\O)C(C)(C)C.FC1(F)[C-]=C(c2ccccn2)C(F)(F)C1(F)F.[Ir]. The normalized spacial score (nSPS) is 19.5. The minimum atomic E-state index is -5.49. The van der Waals surface area contributed by atoms with Crippen LogP contribution in [0.2, 0.25) is 0 Å². The third kappa shape index (κ3) is 6.42. The van der Waals surface area contributed by atoms with E-state index in [4.69, 9.17) is 0 Å². The molecular weight excluding hydrogens is 604 g/mol. The van der Waals surface area contributed by atoms with Gasteiger partial charge in [-0.15, -0.1) is 11.6 Å². The van der Waals surface area contributed by atoms with Crippen molar-refractivity contribution in [2.75, 3.05) is 0 Å². The number of aliphatic hydroxyl groups is 1. The first-order valence-electron chi connectivity index (χ1n) is 8.93. The number of carbonyl (C=O) groups excluding carboxylic acids is 1. The largest absolute Gasteiger partial charge is 0.511 e. The topological polar surface area (TPSA) is 54.5 Å². The third-order valence-electron chi connectivity index (χ3n) is 4.12. The predicted octanol–water partition coefficient (Wildman–Crippen LogP) is 6.25. The van der Waals surface area contributed by atoms with Crippen LogP contribution in [0.5, 0.6) is 0 Å². The van der Waals surface area contributed by atoms with Crippen LogP contribution in [0.4, 0.5) is 26.3 Å². The van der Waals surface area contributed by atoms with Gasteiger partial charge < -0.3 is 10.1 Å². The molecule has 1 aliphatic rings. The summed E-state index contributed by atoms with van der Waals surface area (Å²) in [6.45, 7) is 11.4. The Labute approximate surface area is 191 Å². The summed E-state index contributed by atoms with van der Waals surface area (Å²) in [5.74, 6) is -15.1. The molecule has 0 spiro atoms. The van der Waals surface area contributed by atoms with Crippen molar-refractivity contribution >= 4 is 11.4 Å². The summed E-state index contributed by atoms with van der Waals surface area (Å²) in [6, 6.07) is 3.50. The zero-order chi connectivity index (χ0) is 23.8. The van der Waals surface area contributed by atoms with Crippen molar-refractivity contribution in [2.24, 2.45) is 10.8 Å². The van der Waals surface area contributed by atoms with E-state index in [-0.39, 0.29) is 42.5 Å². The van der Waals surface area contributed by atoms with Crippen molar-refractivity contribution in [1.29, 1.82) is 0 Å². The number of allylic oxidation sites excluding steroid dienone is 4. The number of rotatable bonds is 2. The molecule has 1 aromatic heterocycles. The molecule has 0 unspecified atom stereocenters. The van der Waals surface area contributed by atoms with E-state index in [1.807, 2.05) is 41.5 Å². The second kappa shape index (κ2) is 9.45. The maximum Gasteiger partial charge on any atom is 0.360 e. The van der Waals surface area contributed by atoms with Crippen LogP contribution in [0.1, 0.15) is 47.2 Å². The number of halogens is 6. The zero-order valence-corrected chi connectivity index (χ0v) is 20.2. The minimum absolute atomic E-state index is 0. The fraction of sp³-hybridized carbons (Fsp3) is 0.524. The van der Waals surface area contributed by atoms with Gasteiger partial charge in [0.05, 0.1) is 11.5 Å². The molecule has 2 rings (SSSR count). The Balaban J connectivity index is 0.000000586. The Hall–Kier alpha value is -1.67. The van der Waals surface area contributed by atoms with E-state index in [0.29, 0.717) is 0 Å². The van der Waals surface area contributed by atoms with Crippen molar-refractivity contribution in [3.8, 4) is 0 Å². The smallest absolute Gasteiger partial charge is 0.360 e. The summed E-state index contributed by atoms with van der Waals surface area (Å²) in [6.07, 6.45) is 3.33. The van der Waals surface area contributed by atoms with E-state index >= 15 is 0 Å². The van der Waals surface area contributed by atoms with E-state index in [9.17, 15) is 36.2 Å². The molecule has 2 N–H and O–H groups in total. The second-order valence-electron chi connectivity index (χ2n) is 8.85. The zero-order valence-electron chi connectivity index (χ0n) is 17.8. The van der Waals surface area contributed by atoms with E-state index in [2.05, 4.69) is 4.98 Å². The molecule has 0 aliphatic heterocycles. The monoisotopic (exact) mass is 630 g/mol. The van der Waals surface area contributed by atoms with Crippen LogP contribution in [0.25, 0.3) is 5.57 Å². The molecule has 0 aromatic carbocycles. The molecule has 0 saturated carbocycles. The van der Waals surface area contributed by atoms with Crippen LogP contribution in [-0.4, -0.2) is 38.4 Å². The Morgan fingerprint density at radius 2 is 1.52 bits per heavy atom. The molecular formula is C21H25F6IrNO2. The van der Waals surface area contributed by atoms with Crippen molar-refractivity contribution in [2.45, 2.75) is 59.3 Å². The summed E-state index contributed by atoms with van der Waals surface area (Å²) in [5.41, 5.74) is -2.83. The van der Waals surface area contributed by atoms with Crippen LogP contribution in [-0.2, 0) is 20.1 Å². The molecule has 0 saturated heterocycles. The molecule has 3 nitrogen and oxygen atoms in total. The molecule has 177 valence electrons. The van der Waals surface area contributed by atoms with Crippen LogP contribution in [0, 0.1) is 16.9 Å². The Morgan fingerprint density at radius 1 is 1.00 bits per heavy atom. The maximum absolute atomic E-state index is 13.2. The first-order chi connectivity index (χ1) is 13.2. The molecule has 1 heterocycles. The van der Waals surface area contributed by atoms with Gasteiger partial charge in [0, 0.05) is 31.7 Å². The van der Waals surface area contributed by atoms with Crippen molar-refractivity contribution in [3.63, 3.8) is 0 Å². The second-order valence-corrected chi connectivity index (χ2v) is 8.85. The number of ketones is 1. The molecule has 31 heavy (non-hydrogen) atoms. The van der Waals surface area contributed by atoms with E-state index in [1.165, 1.54) is 18.2 Å². The fourth-order valence-corrected chi connectivity index (χ4v) is 1.97. The van der Waals surface area contributed by atoms with Gasteiger partial charge in [0.25, 0.3) is 5.92 Å². The van der Waals surface area contributed by atoms with Gasteiger partial charge in [-0.1, -0.05) is 32.5 Å². The summed E-state index contributed by atoms with van der Waals surface area (Å²) >= 11 is 0. The number of aromatic nitrogens is 1. The number of nitrogens with zero attached hydrogens (tertiary/aromatic N) is 1. The number of hydrogen-bond donors (Lipinski definition) is 1. The van der Waals surface area contributed by atoms with Gasteiger partial charge in [0.1, 0.15) is 5.76 Å². The molecule has 1 radical (unpaired) electrons. The van der Waals surface area contributed by atoms with Crippen LogP contribution < -0.4 is 0 Å². The van der Waals surface area contributed by atoms with Crippen LogP contribution >= 0.6 is 0 Å². The molecule has 1 aromatic rings. The summed E-state index contributed by atoms with van der Waals surface area (Å²) in [7, 11) is 0. The van der Waals surface area contributed by atoms with E-state index < -0.39 is 29.0 Å². The molecule has 10 heteroatoms. The first kappa shape index (κ1) is 29.3. The molecule has 1 aliphatic carbocycles. The average Bonchev–Trinajstić information content (AvgIpc) is 2.71. The molecule has 0 amide bonds. The summed E-state index contributed by atoms with van der Waals surface area (Å²) in [5, 5.41) is 9.60. The van der Waals surface area contributed by atoms with Crippen molar-refractivity contribution < 1.29 is 56.3 Å². The predicted molar refractivity (Wildman–Crippen MR) is 102 cm³/mol. The Bertz CT molecular complexity index is 838. The van der Waals surface area contributed by atoms with Gasteiger partial charge in [0.2, 0.25) is 0 Å². The first-order valence-corrected chi connectivity index (χ1v) is 8.93. The quantitative estimate of drug-likeness (QED) is 0.138. The van der Waals surface area contributed by atoms with Gasteiger partial charge in [-0.3, -0.25) is 4.79 Å². The molecule has 0 bridgehead atoms. The van der Waals surface area contributed by atoms with Gasteiger partial charge in [0.15, 0.2) is 0 Å². The number of alkyl halides is 6. The van der Waals surface area contributed by atoms with Gasteiger partial charge in [-0.2, -0.15) is 23.6 Å². The van der Waals surface area contributed by atoms with Gasteiger partial charge in [-0.05, 0) is 26.8 Å². The Morgan fingerprint density at radius 3 is 1.84 bits per heavy atom.